The van der Waals surface area contributed by atoms with Crippen molar-refractivity contribution in [2.45, 2.75) is 39.3 Å². The fourth-order valence-electron chi connectivity index (χ4n) is 0.816. The summed E-state index contributed by atoms with van der Waals surface area (Å²) in [6.07, 6.45) is 1.21. The van der Waals surface area contributed by atoms with E-state index in [-0.39, 0.29) is 0 Å². The van der Waals surface area contributed by atoms with Crippen LogP contribution in [0, 0.1) is 0 Å². The van der Waals surface area contributed by atoms with Crippen molar-refractivity contribution in [3.63, 3.8) is 0 Å². The fraction of sp³-hybridized carbons (Fsp3) is 1.00. The number of halogens is 1. The molecule has 0 aromatic heterocycles. The Bertz CT molecular complexity index is 63.9. The van der Waals surface area contributed by atoms with Gasteiger partial charge in [-0.25, -0.2) is 0 Å². The summed E-state index contributed by atoms with van der Waals surface area (Å²) < 4.78 is 0. The number of hydrogen-bond donors (Lipinski definition) is 1. The van der Waals surface area contributed by atoms with Gasteiger partial charge in [-0.2, -0.15) is 0 Å². The molecule has 0 radical (unpaired) electrons. The first-order valence-electron chi connectivity index (χ1n) is 3.48. The van der Waals surface area contributed by atoms with Crippen molar-refractivity contribution in [2.24, 2.45) is 0 Å². The Labute approximate surface area is 66.3 Å². The molecule has 0 aliphatic heterocycles. The Hall–Kier alpha value is 0.440. The number of rotatable bonds is 4. The van der Waals surface area contributed by atoms with Crippen LogP contribution in [0.2, 0.25) is 0 Å². The van der Waals surface area contributed by atoms with Gasteiger partial charge in [0.25, 0.3) is 0 Å². The van der Waals surface area contributed by atoms with E-state index >= 15 is 0 Å². The first-order valence-corrected chi connectivity index (χ1v) is 4.61. The Morgan fingerprint density at radius 2 is 1.89 bits per heavy atom. The van der Waals surface area contributed by atoms with Crippen LogP contribution in [0.3, 0.4) is 0 Å². The molecule has 0 rings (SSSR count). The van der Waals surface area contributed by atoms with Gasteiger partial charge in [0.05, 0.1) is 0 Å². The number of alkyl halides is 1. The largest absolute Gasteiger partial charge is 0.312 e. The second kappa shape index (κ2) is 5.24. The van der Waals surface area contributed by atoms with Crippen molar-refractivity contribution >= 4 is 15.9 Å². The van der Waals surface area contributed by atoms with Crippen molar-refractivity contribution in [3.8, 4) is 0 Å². The lowest BCUT2D eigenvalue weighted by molar-refractivity contribution is 0.482. The molecule has 0 aromatic carbocycles. The highest BCUT2D eigenvalue weighted by atomic mass is 79.9. The SMILES string of the molecule is CC(C)NC(C)CCBr. The van der Waals surface area contributed by atoms with E-state index in [1.165, 1.54) is 6.42 Å². The standard InChI is InChI=1S/C7H16BrN/c1-6(2)9-7(3)4-5-8/h6-7,9H,4-5H2,1-3H3. The molecule has 0 spiro atoms. The van der Waals surface area contributed by atoms with Crippen molar-refractivity contribution in [1.82, 2.24) is 5.32 Å². The third-order valence-electron chi connectivity index (χ3n) is 1.16. The third-order valence-corrected chi connectivity index (χ3v) is 1.62. The molecule has 1 atom stereocenters. The minimum atomic E-state index is 0.610. The van der Waals surface area contributed by atoms with Crippen molar-refractivity contribution in [1.29, 1.82) is 0 Å². The van der Waals surface area contributed by atoms with Crippen LogP contribution in [-0.4, -0.2) is 17.4 Å². The Kier molecular flexibility index (Phi) is 5.50. The minimum Gasteiger partial charge on any atom is -0.312 e. The van der Waals surface area contributed by atoms with E-state index in [0.29, 0.717) is 12.1 Å². The molecule has 56 valence electrons. The van der Waals surface area contributed by atoms with Crippen LogP contribution in [0.25, 0.3) is 0 Å². The highest BCUT2D eigenvalue weighted by Gasteiger charge is 2.00. The molecule has 0 fully saturated rings. The summed E-state index contributed by atoms with van der Waals surface area (Å²) in [5.74, 6) is 0. The normalized spacial score (nSPS) is 14.3. The smallest absolute Gasteiger partial charge is 0.00490 e. The van der Waals surface area contributed by atoms with Gasteiger partial charge in [0, 0.05) is 17.4 Å². The van der Waals surface area contributed by atoms with Gasteiger partial charge in [0.2, 0.25) is 0 Å². The van der Waals surface area contributed by atoms with E-state index in [4.69, 9.17) is 0 Å². The van der Waals surface area contributed by atoms with Crippen LogP contribution in [0.15, 0.2) is 0 Å². The van der Waals surface area contributed by atoms with Gasteiger partial charge in [-0.15, -0.1) is 0 Å². The van der Waals surface area contributed by atoms with Crippen LogP contribution in [0.1, 0.15) is 27.2 Å². The summed E-state index contributed by atoms with van der Waals surface area (Å²) in [6.45, 7) is 6.55. The van der Waals surface area contributed by atoms with Gasteiger partial charge < -0.3 is 5.32 Å². The van der Waals surface area contributed by atoms with Crippen LogP contribution < -0.4 is 5.32 Å². The molecule has 0 amide bonds. The van der Waals surface area contributed by atoms with Gasteiger partial charge in [0.15, 0.2) is 0 Å². The third kappa shape index (κ3) is 6.32. The van der Waals surface area contributed by atoms with Crippen LogP contribution in [0.4, 0.5) is 0 Å². The highest BCUT2D eigenvalue weighted by molar-refractivity contribution is 9.09. The molecule has 0 aliphatic rings. The van der Waals surface area contributed by atoms with E-state index in [2.05, 4.69) is 42.0 Å². The second-order valence-electron chi connectivity index (χ2n) is 2.70. The summed E-state index contributed by atoms with van der Waals surface area (Å²) in [5, 5.41) is 4.50. The van der Waals surface area contributed by atoms with E-state index in [0.717, 1.165) is 5.33 Å². The number of nitrogens with one attached hydrogen (secondary N) is 1. The van der Waals surface area contributed by atoms with Gasteiger partial charge in [0.1, 0.15) is 0 Å². The van der Waals surface area contributed by atoms with Crippen molar-refractivity contribution in [3.05, 3.63) is 0 Å². The zero-order valence-corrected chi connectivity index (χ0v) is 8.03. The van der Waals surface area contributed by atoms with Crippen LogP contribution >= 0.6 is 15.9 Å². The van der Waals surface area contributed by atoms with Gasteiger partial charge in [-0.05, 0) is 13.3 Å². The maximum absolute atomic E-state index is 3.41. The molecular weight excluding hydrogens is 178 g/mol. The maximum Gasteiger partial charge on any atom is 0.00490 e. The summed E-state index contributed by atoms with van der Waals surface area (Å²) in [7, 11) is 0. The van der Waals surface area contributed by atoms with E-state index in [1.807, 2.05) is 0 Å². The molecule has 0 saturated carbocycles. The quantitative estimate of drug-likeness (QED) is 0.676. The second-order valence-corrected chi connectivity index (χ2v) is 3.49. The maximum atomic E-state index is 3.41. The van der Waals surface area contributed by atoms with Crippen LogP contribution in [0.5, 0.6) is 0 Å². The molecule has 1 N–H and O–H groups in total. The molecule has 2 heteroatoms. The Morgan fingerprint density at radius 3 is 2.22 bits per heavy atom. The molecule has 0 aliphatic carbocycles. The first kappa shape index (κ1) is 9.44. The topological polar surface area (TPSA) is 12.0 Å². The average molecular weight is 194 g/mol. The molecule has 0 bridgehead atoms. The molecule has 0 heterocycles. The molecule has 0 aromatic rings. The lowest BCUT2D eigenvalue weighted by Gasteiger charge is -2.14. The Balaban J connectivity index is 3.15. The summed E-state index contributed by atoms with van der Waals surface area (Å²) in [6, 6.07) is 1.25. The predicted octanol–water partition coefficient (Wildman–Crippen LogP) is 2.16. The van der Waals surface area contributed by atoms with Crippen LogP contribution in [-0.2, 0) is 0 Å². The molecule has 9 heavy (non-hydrogen) atoms. The first-order chi connectivity index (χ1) is 4.16. The lowest BCUT2D eigenvalue weighted by atomic mass is 10.2. The van der Waals surface area contributed by atoms with Gasteiger partial charge >= 0.3 is 0 Å². The van der Waals surface area contributed by atoms with E-state index < -0.39 is 0 Å². The molecular formula is C7H16BrN. The lowest BCUT2D eigenvalue weighted by Crippen LogP contribution is -2.32. The van der Waals surface area contributed by atoms with Gasteiger partial charge in [-0.1, -0.05) is 29.8 Å². The number of hydrogen-bond acceptors (Lipinski definition) is 1. The van der Waals surface area contributed by atoms with Gasteiger partial charge in [-0.3, -0.25) is 0 Å². The molecule has 1 unspecified atom stereocenters. The highest BCUT2D eigenvalue weighted by Crippen LogP contribution is 1.95. The summed E-state index contributed by atoms with van der Waals surface area (Å²) in [4.78, 5) is 0. The van der Waals surface area contributed by atoms with Crippen molar-refractivity contribution in [2.75, 3.05) is 5.33 Å². The Morgan fingerprint density at radius 1 is 1.33 bits per heavy atom. The minimum absolute atomic E-state index is 0.610. The molecule has 0 saturated heterocycles. The fourth-order valence-corrected chi connectivity index (χ4v) is 1.50. The van der Waals surface area contributed by atoms with E-state index in [1.54, 1.807) is 0 Å². The zero-order valence-electron chi connectivity index (χ0n) is 6.45. The van der Waals surface area contributed by atoms with E-state index in [9.17, 15) is 0 Å². The zero-order chi connectivity index (χ0) is 7.28. The summed E-state index contributed by atoms with van der Waals surface area (Å²) in [5.41, 5.74) is 0. The van der Waals surface area contributed by atoms with Crippen molar-refractivity contribution < 1.29 is 0 Å². The monoisotopic (exact) mass is 193 g/mol. The molecule has 1 nitrogen and oxygen atoms in total. The summed E-state index contributed by atoms with van der Waals surface area (Å²) >= 11 is 3.40. The average Bonchev–Trinajstić information content (AvgIpc) is 1.63. The predicted molar refractivity (Wildman–Crippen MR) is 46.1 cm³/mol.